The van der Waals surface area contributed by atoms with Crippen molar-refractivity contribution in [3.8, 4) is 27.9 Å². The van der Waals surface area contributed by atoms with Crippen molar-refractivity contribution in [2.24, 2.45) is 0 Å². The summed E-state index contributed by atoms with van der Waals surface area (Å²) in [5.74, 6) is -1.15. The van der Waals surface area contributed by atoms with Gasteiger partial charge < -0.3 is 20.0 Å². The molecule has 14 heteroatoms. The van der Waals surface area contributed by atoms with Gasteiger partial charge in [0.15, 0.2) is 6.20 Å². The van der Waals surface area contributed by atoms with E-state index >= 15 is 0 Å². The van der Waals surface area contributed by atoms with E-state index in [1.165, 1.54) is 29.3 Å². The number of carbonyl (C=O) groups is 2. The average molecular weight is 601 g/mol. The Labute approximate surface area is 250 Å². The first-order valence-electron chi connectivity index (χ1n) is 13.4. The van der Waals surface area contributed by atoms with Crippen molar-refractivity contribution in [1.82, 2.24) is 34.9 Å². The van der Waals surface area contributed by atoms with Gasteiger partial charge in [-0.05, 0) is 52.4 Å². The summed E-state index contributed by atoms with van der Waals surface area (Å²) in [6.07, 6.45) is 6.23. The summed E-state index contributed by atoms with van der Waals surface area (Å²) in [4.78, 5) is 26.4. The molecule has 0 saturated carbocycles. The molecule has 1 aliphatic rings. The molecule has 1 unspecified atom stereocenters. The summed E-state index contributed by atoms with van der Waals surface area (Å²) in [7, 11) is 0. The van der Waals surface area contributed by atoms with Gasteiger partial charge in [-0.25, -0.2) is 4.79 Å². The van der Waals surface area contributed by atoms with Crippen LogP contribution in [0.3, 0.4) is 0 Å². The van der Waals surface area contributed by atoms with E-state index in [4.69, 9.17) is 16.3 Å². The number of amides is 1. The normalized spacial score (nSPS) is 14.0. The van der Waals surface area contributed by atoms with Gasteiger partial charge in [-0.3, -0.25) is 9.48 Å². The molecule has 1 saturated heterocycles. The topological polar surface area (TPSA) is 155 Å². The van der Waals surface area contributed by atoms with Gasteiger partial charge in [0, 0.05) is 47.1 Å². The van der Waals surface area contributed by atoms with Crippen LogP contribution >= 0.6 is 11.6 Å². The number of rotatable bonds is 8. The first-order valence-corrected chi connectivity index (χ1v) is 13.7. The largest absolute Gasteiger partial charge is 0.618 e. The number of hydrogen-bond acceptors (Lipinski definition) is 8. The summed E-state index contributed by atoms with van der Waals surface area (Å²) < 4.78 is 9.20. The number of morpholine rings is 1. The second-order valence-electron chi connectivity index (χ2n) is 9.89. The molecule has 5 aromatic rings. The van der Waals surface area contributed by atoms with Crippen LogP contribution < -0.4 is 4.73 Å². The lowest BCUT2D eigenvalue weighted by atomic mass is 10.0. The Bertz CT molecular complexity index is 1770. The van der Waals surface area contributed by atoms with Crippen molar-refractivity contribution in [3.05, 3.63) is 101 Å². The minimum atomic E-state index is -1.02. The molecule has 1 aliphatic heterocycles. The second kappa shape index (κ2) is 12.0. The van der Waals surface area contributed by atoms with E-state index < -0.39 is 12.0 Å². The van der Waals surface area contributed by atoms with Crippen molar-refractivity contribution in [1.29, 1.82) is 0 Å². The number of tetrazole rings is 1. The monoisotopic (exact) mass is 600 g/mol. The molecule has 2 aromatic carbocycles. The highest BCUT2D eigenvalue weighted by atomic mass is 35.5. The number of benzene rings is 2. The molecule has 43 heavy (non-hydrogen) atoms. The third kappa shape index (κ3) is 5.94. The van der Waals surface area contributed by atoms with Crippen LogP contribution in [-0.4, -0.2) is 78.2 Å². The van der Waals surface area contributed by atoms with Crippen LogP contribution in [0.25, 0.3) is 27.9 Å². The van der Waals surface area contributed by atoms with E-state index in [9.17, 15) is 19.9 Å². The lowest BCUT2D eigenvalue weighted by molar-refractivity contribution is -0.615. The molecule has 3 aromatic heterocycles. The van der Waals surface area contributed by atoms with Crippen molar-refractivity contribution in [2.45, 2.75) is 12.5 Å². The maximum atomic E-state index is 13.6. The Hall–Kier alpha value is -5.14. The Kier molecular flexibility index (Phi) is 7.81. The van der Waals surface area contributed by atoms with Gasteiger partial charge in [0.25, 0.3) is 0 Å². The molecule has 0 radical (unpaired) electrons. The third-order valence-corrected chi connectivity index (χ3v) is 7.50. The summed E-state index contributed by atoms with van der Waals surface area (Å²) >= 11 is 6.30. The highest BCUT2D eigenvalue weighted by Crippen LogP contribution is 2.31. The molecule has 1 amide bonds. The number of aromatic carboxylic acids is 1. The van der Waals surface area contributed by atoms with E-state index in [2.05, 4.69) is 20.6 Å². The zero-order valence-electron chi connectivity index (χ0n) is 22.7. The molecular formula is C29H25ClN8O5. The zero-order chi connectivity index (χ0) is 29.9. The number of ether oxygens (including phenoxy) is 1. The molecule has 13 nitrogen and oxygen atoms in total. The van der Waals surface area contributed by atoms with E-state index in [0.717, 1.165) is 10.3 Å². The van der Waals surface area contributed by atoms with Crippen molar-refractivity contribution in [3.63, 3.8) is 0 Å². The van der Waals surface area contributed by atoms with E-state index in [0.29, 0.717) is 59.4 Å². The fraction of sp³-hybridized carbons (Fsp3) is 0.207. The molecule has 1 fully saturated rings. The number of nitrogens with zero attached hydrogens (tertiary/aromatic N) is 8. The molecule has 4 heterocycles. The van der Waals surface area contributed by atoms with Gasteiger partial charge in [0.2, 0.25) is 11.6 Å². The predicted molar refractivity (Wildman–Crippen MR) is 153 cm³/mol. The highest BCUT2D eigenvalue weighted by Gasteiger charge is 2.29. The van der Waals surface area contributed by atoms with Crippen LogP contribution in [0.15, 0.2) is 79.5 Å². The standard InChI is InChI=1S/C29H25ClN8O5/c30-23-6-8-25(37-18-31-33-34-37)24(13-23)21-5-7-26(38(42)17-21)27(14-28(39)35-9-11-43-12-10-35)36-16-22(15-32-36)19-1-3-20(4-2-19)29(40)41/h1-8,13,15-18,27H,9-12,14H2,(H,40,41). The van der Waals surface area contributed by atoms with Crippen molar-refractivity contribution < 1.29 is 24.2 Å². The number of pyridine rings is 1. The molecule has 0 bridgehead atoms. The average Bonchev–Trinajstić information content (AvgIpc) is 3.74. The van der Waals surface area contributed by atoms with Gasteiger partial charge >= 0.3 is 5.97 Å². The number of carboxylic acid groups (broad SMARTS) is 1. The van der Waals surface area contributed by atoms with Crippen LogP contribution in [0.1, 0.15) is 28.5 Å². The molecule has 1 N–H and O–H groups in total. The number of hydrogen-bond donors (Lipinski definition) is 1. The second-order valence-corrected chi connectivity index (χ2v) is 10.3. The van der Waals surface area contributed by atoms with Crippen LogP contribution in [0.4, 0.5) is 0 Å². The Morgan fingerprint density at radius 2 is 1.81 bits per heavy atom. The summed E-state index contributed by atoms with van der Waals surface area (Å²) in [6, 6.07) is 14.3. The summed E-state index contributed by atoms with van der Waals surface area (Å²) in [6.45, 7) is 1.84. The fourth-order valence-electron chi connectivity index (χ4n) is 5.02. The van der Waals surface area contributed by atoms with Crippen molar-refractivity contribution >= 4 is 23.5 Å². The molecule has 0 aliphatic carbocycles. The molecular weight excluding hydrogens is 576 g/mol. The molecule has 218 valence electrons. The third-order valence-electron chi connectivity index (χ3n) is 7.27. The number of halogens is 1. The van der Waals surface area contributed by atoms with E-state index in [1.54, 1.807) is 64.4 Å². The van der Waals surface area contributed by atoms with Gasteiger partial charge in [0.05, 0.1) is 37.1 Å². The van der Waals surface area contributed by atoms with Gasteiger partial charge in [-0.1, -0.05) is 23.7 Å². The number of aromatic nitrogens is 7. The summed E-state index contributed by atoms with van der Waals surface area (Å²) in [5.41, 5.74) is 3.78. The first kappa shape index (κ1) is 28.0. The van der Waals surface area contributed by atoms with Crippen molar-refractivity contribution in [2.75, 3.05) is 26.3 Å². The number of carbonyl (C=O) groups excluding carboxylic acids is 1. The minimum absolute atomic E-state index is 0.00625. The van der Waals surface area contributed by atoms with Crippen LogP contribution in [0, 0.1) is 5.21 Å². The lowest BCUT2D eigenvalue weighted by Crippen LogP contribution is -2.43. The predicted octanol–water partition coefficient (Wildman–Crippen LogP) is 3.02. The Balaban J connectivity index is 1.37. The van der Waals surface area contributed by atoms with Gasteiger partial charge in [0.1, 0.15) is 12.4 Å². The quantitative estimate of drug-likeness (QED) is 0.209. The smallest absolute Gasteiger partial charge is 0.335 e. The SMILES string of the molecule is O=C(O)c1ccc(-c2cnn(C(CC(=O)N3CCOCC3)c3ccc(-c4cc(Cl)ccc4-n4cnnn4)c[n+]3[O-])c2)cc1. The highest BCUT2D eigenvalue weighted by molar-refractivity contribution is 6.31. The molecule has 1 atom stereocenters. The van der Waals surface area contributed by atoms with Crippen LogP contribution in [-0.2, 0) is 9.53 Å². The lowest BCUT2D eigenvalue weighted by Gasteiger charge is -2.28. The Morgan fingerprint density at radius 3 is 2.51 bits per heavy atom. The zero-order valence-corrected chi connectivity index (χ0v) is 23.4. The molecule has 6 rings (SSSR count). The first-order chi connectivity index (χ1) is 20.9. The van der Waals surface area contributed by atoms with Crippen LogP contribution in [0.2, 0.25) is 5.02 Å². The molecule has 0 spiro atoms. The van der Waals surface area contributed by atoms with Gasteiger partial charge in [-0.2, -0.15) is 14.5 Å². The van der Waals surface area contributed by atoms with Crippen LogP contribution in [0.5, 0.6) is 0 Å². The number of carboxylic acids is 1. The Morgan fingerprint density at radius 1 is 1.05 bits per heavy atom. The van der Waals surface area contributed by atoms with E-state index in [1.807, 2.05) is 0 Å². The minimum Gasteiger partial charge on any atom is -0.618 e. The maximum Gasteiger partial charge on any atom is 0.335 e. The summed E-state index contributed by atoms with van der Waals surface area (Å²) in [5, 5.41) is 39.2. The fourth-order valence-corrected chi connectivity index (χ4v) is 5.20. The maximum absolute atomic E-state index is 13.6. The van der Waals surface area contributed by atoms with E-state index in [-0.39, 0.29) is 17.9 Å². The van der Waals surface area contributed by atoms with Gasteiger partial charge in [-0.15, -0.1) is 5.10 Å².